The van der Waals surface area contributed by atoms with E-state index in [1.165, 1.54) is 0 Å². The molecule has 0 bridgehead atoms. The number of amides is 1. The van der Waals surface area contributed by atoms with Gasteiger partial charge in [0.1, 0.15) is 0 Å². The third kappa shape index (κ3) is 4.05. The highest BCUT2D eigenvalue weighted by Gasteiger charge is 2.25. The average Bonchev–Trinajstić information content (AvgIpc) is 3.00. The lowest BCUT2D eigenvalue weighted by atomic mass is 9.99. The first-order valence-corrected chi connectivity index (χ1v) is 9.21. The van der Waals surface area contributed by atoms with Crippen LogP contribution in [0, 0.1) is 0 Å². The monoisotopic (exact) mass is 360 g/mol. The number of piperidine rings is 1. The topological polar surface area (TPSA) is 59.0 Å². The van der Waals surface area contributed by atoms with Crippen molar-refractivity contribution in [2.75, 3.05) is 6.54 Å². The second-order valence-electron chi connectivity index (χ2n) is 7.04. The first kappa shape index (κ1) is 18.0. The fourth-order valence-corrected chi connectivity index (χ4v) is 3.61. The number of hydrogen-bond donors (Lipinski definition) is 2. The van der Waals surface area contributed by atoms with Gasteiger partial charge in [0.05, 0.1) is 23.1 Å². The first-order valence-electron chi connectivity index (χ1n) is 8.83. The van der Waals surface area contributed by atoms with Crippen LogP contribution in [-0.4, -0.2) is 34.3 Å². The van der Waals surface area contributed by atoms with Gasteiger partial charge < -0.3 is 10.6 Å². The zero-order chi connectivity index (χ0) is 18.0. The van der Waals surface area contributed by atoms with Gasteiger partial charge in [0.25, 0.3) is 5.91 Å². The number of carbonyl (C=O) groups is 1. The summed E-state index contributed by atoms with van der Waals surface area (Å²) in [4.78, 5) is 12.8. The van der Waals surface area contributed by atoms with Crippen LogP contribution in [0.15, 0.2) is 30.5 Å². The number of hydrogen-bond acceptors (Lipinski definition) is 3. The van der Waals surface area contributed by atoms with E-state index in [0.29, 0.717) is 16.6 Å². The molecule has 1 aliphatic heterocycles. The lowest BCUT2D eigenvalue weighted by Crippen LogP contribution is -2.46. The Morgan fingerprint density at radius 2 is 2.24 bits per heavy atom. The van der Waals surface area contributed by atoms with Gasteiger partial charge >= 0.3 is 0 Å². The van der Waals surface area contributed by atoms with Crippen LogP contribution in [0.2, 0.25) is 5.02 Å². The van der Waals surface area contributed by atoms with Gasteiger partial charge in [-0.3, -0.25) is 4.79 Å². The molecule has 2 atom stereocenters. The van der Waals surface area contributed by atoms with Crippen molar-refractivity contribution in [1.29, 1.82) is 0 Å². The molecule has 2 unspecified atom stereocenters. The highest BCUT2D eigenvalue weighted by Crippen LogP contribution is 2.25. The molecule has 2 aromatic rings. The maximum atomic E-state index is 12.8. The van der Waals surface area contributed by atoms with Gasteiger partial charge in [0.2, 0.25) is 0 Å². The summed E-state index contributed by atoms with van der Waals surface area (Å²) in [5.74, 6) is 0.116. The van der Waals surface area contributed by atoms with Gasteiger partial charge in [-0.05, 0) is 50.4 Å². The second-order valence-corrected chi connectivity index (χ2v) is 7.48. The summed E-state index contributed by atoms with van der Waals surface area (Å²) >= 11 is 6.11. The highest BCUT2D eigenvalue weighted by molar-refractivity contribution is 6.30. The average molecular weight is 361 g/mol. The number of rotatable bonds is 4. The number of carbonyl (C=O) groups excluding carboxylic acids is 1. The molecule has 1 aromatic carbocycles. The summed E-state index contributed by atoms with van der Waals surface area (Å²) < 4.78 is 1.82. The molecule has 0 aliphatic carbocycles. The summed E-state index contributed by atoms with van der Waals surface area (Å²) in [7, 11) is 0. The molecule has 1 aliphatic rings. The van der Waals surface area contributed by atoms with Crippen molar-refractivity contribution >= 4 is 17.5 Å². The number of aromatic nitrogens is 2. The Labute approximate surface area is 153 Å². The van der Waals surface area contributed by atoms with Crippen LogP contribution in [0.1, 0.15) is 55.6 Å². The Morgan fingerprint density at radius 1 is 1.44 bits per heavy atom. The Bertz CT molecular complexity index is 756. The molecule has 0 spiro atoms. The minimum Gasteiger partial charge on any atom is -0.349 e. The van der Waals surface area contributed by atoms with Crippen molar-refractivity contribution in [1.82, 2.24) is 20.4 Å². The molecule has 25 heavy (non-hydrogen) atoms. The van der Waals surface area contributed by atoms with E-state index in [-0.39, 0.29) is 17.9 Å². The summed E-state index contributed by atoms with van der Waals surface area (Å²) in [5, 5.41) is 11.7. The van der Waals surface area contributed by atoms with Crippen molar-refractivity contribution in [3.8, 4) is 5.69 Å². The number of benzene rings is 1. The van der Waals surface area contributed by atoms with E-state index in [2.05, 4.69) is 36.5 Å². The summed E-state index contributed by atoms with van der Waals surface area (Å²) in [5.41, 5.74) is 2.41. The zero-order valence-electron chi connectivity index (χ0n) is 14.9. The number of nitrogens with one attached hydrogen (secondary N) is 2. The van der Waals surface area contributed by atoms with Crippen molar-refractivity contribution < 1.29 is 4.79 Å². The molecular formula is C19H25ClN4O. The van der Waals surface area contributed by atoms with E-state index in [9.17, 15) is 4.79 Å². The van der Waals surface area contributed by atoms with Gasteiger partial charge in [-0.2, -0.15) is 5.10 Å². The number of halogens is 1. The van der Waals surface area contributed by atoms with Crippen molar-refractivity contribution in [3.05, 3.63) is 46.7 Å². The van der Waals surface area contributed by atoms with Crippen molar-refractivity contribution in [2.45, 2.75) is 51.6 Å². The van der Waals surface area contributed by atoms with Crippen LogP contribution >= 0.6 is 11.6 Å². The molecule has 0 radical (unpaired) electrons. The summed E-state index contributed by atoms with van der Waals surface area (Å²) in [6, 6.07) is 8.16. The third-order valence-electron chi connectivity index (χ3n) is 4.61. The molecule has 1 saturated heterocycles. The Kier molecular flexibility index (Phi) is 5.45. The number of nitrogens with zero attached hydrogens (tertiary/aromatic N) is 2. The van der Waals surface area contributed by atoms with Gasteiger partial charge in [0, 0.05) is 17.1 Å². The van der Waals surface area contributed by atoms with Gasteiger partial charge in [-0.15, -0.1) is 0 Å². The largest absolute Gasteiger partial charge is 0.349 e. The van der Waals surface area contributed by atoms with E-state index in [0.717, 1.165) is 30.8 Å². The van der Waals surface area contributed by atoms with Gasteiger partial charge in [-0.1, -0.05) is 31.5 Å². The molecule has 1 amide bonds. The highest BCUT2D eigenvalue weighted by atomic mass is 35.5. The summed E-state index contributed by atoms with van der Waals surface area (Å²) in [6.45, 7) is 7.23. The van der Waals surface area contributed by atoms with E-state index >= 15 is 0 Å². The Balaban J connectivity index is 1.87. The minimum atomic E-state index is -0.0453. The molecule has 0 saturated carbocycles. The van der Waals surface area contributed by atoms with Crippen LogP contribution in [0.3, 0.4) is 0 Å². The van der Waals surface area contributed by atoms with Crippen molar-refractivity contribution in [2.24, 2.45) is 0 Å². The fourth-order valence-electron chi connectivity index (χ4n) is 3.43. The van der Waals surface area contributed by atoms with Crippen LogP contribution in [0.5, 0.6) is 0 Å². The van der Waals surface area contributed by atoms with Crippen LogP contribution in [0.4, 0.5) is 0 Å². The predicted octanol–water partition coefficient (Wildman–Crippen LogP) is 3.52. The predicted molar refractivity (Wildman–Crippen MR) is 101 cm³/mol. The molecule has 2 N–H and O–H groups in total. The maximum absolute atomic E-state index is 12.8. The lowest BCUT2D eigenvalue weighted by molar-refractivity contribution is 0.0924. The van der Waals surface area contributed by atoms with Crippen LogP contribution in [0.25, 0.3) is 5.69 Å². The molecule has 2 heterocycles. The molecule has 6 heteroatoms. The second kappa shape index (κ2) is 7.58. The Hall–Kier alpha value is -1.85. The van der Waals surface area contributed by atoms with E-state index in [1.807, 2.05) is 28.9 Å². The molecule has 5 nitrogen and oxygen atoms in total. The van der Waals surface area contributed by atoms with Crippen LogP contribution < -0.4 is 10.6 Å². The SMILES string of the molecule is CC1CC(NC(=O)c2cnn(-c3cccc(Cl)c3)c2C(C)C)CCN1. The molecule has 1 aromatic heterocycles. The van der Waals surface area contributed by atoms with Crippen LogP contribution in [-0.2, 0) is 0 Å². The standard InChI is InChI=1S/C19H25ClN4O/c1-12(2)18-17(19(25)23-15-7-8-21-13(3)9-15)11-22-24(18)16-6-4-5-14(20)10-16/h4-6,10-13,15,21H,7-9H2,1-3H3,(H,23,25). The van der Waals surface area contributed by atoms with E-state index in [4.69, 9.17) is 11.6 Å². The maximum Gasteiger partial charge on any atom is 0.255 e. The van der Waals surface area contributed by atoms with Gasteiger partial charge in [0.15, 0.2) is 0 Å². The first-order chi connectivity index (χ1) is 12.0. The summed E-state index contributed by atoms with van der Waals surface area (Å²) in [6.07, 6.45) is 3.57. The third-order valence-corrected chi connectivity index (χ3v) is 4.84. The van der Waals surface area contributed by atoms with Gasteiger partial charge in [-0.25, -0.2) is 4.68 Å². The smallest absolute Gasteiger partial charge is 0.255 e. The Morgan fingerprint density at radius 3 is 2.92 bits per heavy atom. The van der Waals surface area contributed by atoms with Crippen molar-refractivity contribution in [3.63, 3.8) is 0 Å². The minimum absolute atomic E-state index is 0.0453. The fraction of sp³-hybridized carbons (Fsp3) is 0.474. The van der Waals surface area contributed by atoms with E-state index < -0.39 is 0 Å². The molecule has 1 fully saturated rings. The molecule has 134 valence electrons. The molecule has 3 rings (SSSR count). The normalized spacial score (nSPS) is 20.7. The zero-order valence-corrected chi connectivity index (χ0v) is 15.7. The molecular weight excluding hydrogens is 336 g/mol. The quantitative estimate of drug-likeness (QED) is 0.877. The van der Waals surface area contributed by atoms with E-state index in [1.54, 1.807) is 6.20 Å². The lowest BCUT2D eigenvalue weighted by Gasteiger charge is -2.28.